The largest absolute Gasteiger partial charge is 0.469 e. The fourth-order valence-corrected chi connectivity index (χ4v) is 7.10. The van der Waals surface area contributed by atoms with Crippen molar-refractivity contribution in [3.8, 4) is 0 Å². The highest BCUT2D eigenvalue weighted by atomic mass is 16.6. The summed E-state index contributed by atoms with van der Waals surface area (Å²) in [5, 5.41) is 2.82. The van der Waals surface area contributed by atoms with Crippen LogP contribution in [0.2, 0.25) is 0 Å². The highest BCUT2D eigenvalue weighted by molar-refractivity contribution is 5.94. The van der Waals surface area contributed by atoms with Crippen molar-refractivity contribution in [1.29, 1.82) is 0 Å². The fourth-order valence-electron chi connectivity index (χ4n) is 7.10. The minimum absolute atomic E-state index is 0.0363. The molecule has 0 unspecified atom stereocenters. The maximum Gasteiger partial charge on any atom is 0.310 e. The Morgan fingerprint density at radius 1 is 1.14 bits per heavy atom. The number of amides is 1. The molecule has 0 aromatic carbocycles. The van der Waals surface area contributed by atoms with Gasteiger partial charge < -0.3 is 24.3 Å². The fraction of sp³-hybridized carbons (Fsp3) is 0.800. The Morgan fingerprint density at radius 3 is 2.51 bits per heavy atom. The third-order valence-corrected chi connectivity index (χ3v) is 8.72. The Bertz CT molecular complexity index is 913. The Labute approximate surface area is 204 Å². The molecule has 4 fully saturated rings. The van der Waals surface area contributed by atoms with E-state index >= 15 is 0 Å². The van der Waals surface area contributed by atoms with Crippen LogP contribution in [-0.2, 0) is 42.9 Å². The van der Waals surface area contributed by atoms with Crippen molar-refractivity contribution in [1.82, 2.24) is 5.32 Å². The van der Waals surface area contributed by atoms with Crippen molar-refractivity contribution in [2.45, 2.75) is 77.6 Å². The summed E-state index contributed by atoms with van der Waals surface area (Å²) in [4.78, 5) is 64.5. The molecular formula is C25H35NO9. The number of rotatable bonds is 5. The van der Waals surface area contributed by atoms with Crippen molar-refractivity contribution in [3.05, 3.63) is 0 Å². The molecule has 1 N–H and O–H groups in total. The number of esters is 3. The number of hydrogen-bond donors (Lipinski definition) is 1. The van der Waals surface area contributed by atoms with Gasteiger partial charge in [-0.1, -0.05) is 13.8 Å². The van der Waals surface area contributed by atoms with Gasteiger partial charge in [0.1, 0.15) is 0 Å². The van der Waals surface area contributed by atoms with Crippen LogP contribution in [0.4, 0.5) is 0 Å². The average Bonchev–Trinajstić information content (AvgIpc) is 3.31. The Morgan fingerprint density at radius 2 is 1.89 bits per heavy atom. The minimum Gasteiger partial charge on any atom is -0.469 e. The van der Waals surface area contributed by atoms with Crippen LogP contribution >= 0.6 is 0 Å². The van der Waals surface area contributed by atoms with Gasteiger partial charge in [-0.05, 0) is 36.5 Å². The van der Waals surface area contributed by atoms with E-state index in [0.717, 1.165) is 12.8 Å². The predicted molar refractivity (Wildman–Crippen MR) is 120 cm³/mol. The number of ether oxygens (including phenoxy) is 4. The second-order valence-electron chi connectivity index (χ2n) is 10.9. The summed E-state index contributed by atoms with van der Waals surface area (Å²) in [6, 6.07) is 0. The molecule has 8 atom stereocenters. The van der Waals surface area contributed by atoms with E-state index in [-0.39, 0.29) is 24.7 Å². The molecular weight excluding hydrogens is 458 g/mol. The van der Waals surface area contributed by atoms with Gasteiger partial charge in [-0.2, -0.15) is 0 Å². The zero-order chi connectivity index (χ0) is 25.5. The molecule has 35 heavy (non-hydrogen) atoms. The molecule has 0 aromatic rings. The molecule has 4 aliphatic rings. The van der Waals surface area contributed by atoms with Gasteiger partial charge in [-0.25, -0.2) is 0 Å². The summed E-state index contributed by atoms with van der Waals surface area (Å²) in [6.07, 6.45) is 0.567. The molecule has 0 spiro atoms. The standard InChI is InChI=1S/C25H35NO9/c1-13(27)34-17-10-16(22(30)32-4)24(2)8-7-15-23(31)35-18(11-25(15,3)20(24)19(17)28)21(29)26-12-14-6-5-9-33-14/h14-18,20H,5-12H2,1-4H3,(H,26,29)/t14-,15-,16-,17-,18-,20-,24-,25-/m0/s1. The maximum absolute atomic E-state index is 13.8. The van der Waals surface area contributed by atoms with E-state index in [1.807, 2.05) is 13.8 Å². The second-order valence-corrected chi connectivity index (χ2v) is 10.9. The van der Waals surface area contributed by atoms with Gasteiger partial charge in [0.15, 0.2) is 18.0 Å². The molecule has 2 saturated heterocycles. The van der Waals surface area contributed by atoms with Gasteiger partial charge in [0.25, 0.3) is 5.91 Å². The van der Waals surface area contributed by atoms with Crippen LogP contribution in [0.3, 0.4) is 0 Å². The van der Waals surface area contributed by atoms with E-state index in [1.54, 1.807) is 0 Å². The molecule has 2 heterocycles. The number of nitrogens with one attached hydrogen (secondary N) is 1. The first-order valence-electron chi connectivity index (χ1n) is 12.4. The number of carbonyl (C=O) groups is 5. The van der Waals surface area contributed by atoms with E-state index in [4.69, 9.17) is 18.9 Å². The predicted octanol–water partition coefficient (Wildman–Crippen LogP) is 1.33. The van der Waals surface area contributed by atoms with E-state index in [1.165, 1.54) is 14.0 Å². The number of ketones is 1. The van der Waals surface area contributed by atoms with Crippen molar-refractivity contribution in [2.75, 3.05) is 20.3 Å². The summed E-state index contributed by atoms with van der Waals surface area (Å²) in [5.41, 5.74) is -1.78. The second kappa shape index (κ2) is 9.52. The summed E-state index contributed by atoms with van der Waals surface area (Å²) in [6.45, 7) is 5.89. The normalized spacial score (nSPS) is 40.7. The number of cyclic esters (lactones) is 1. The minimum atomic E-state index is -1.12. The van der Waals surface area contributed by atoms with Crippen molar-refractivity contribution < 1.29 is 42.9 Å². The smallest absolute Gasteiger partial charge is 0.310 e. The number of methoxy groups -OCH3 is 1. The molecule has 10 nitrogen and oxygen atoms in total. The molecule has 0 radical (unpaired) electrons. The third-order valence-electron chi connectivity index (χ3n) is 8.72. The van der Waals surface area contributed by atoms with E-state index in [9.17, 15) is 24.0 Å². The van der Waals surface area contributed by atoms with E-state index in [2.05, 4.69) is 5.32 Å². The Kier molecular flexibility index (Phi) is 6.96. The molecule has 2 aliphatic carbocycles. The molecule has 10 heteroatoms. The topological polar surface area (TPSA) is 134 Å². The van der Waals surface area contributed by atoms with Gasteiger partial charge >= 0.3 is 17.9 Å². The van der Waals surface area contributed by atoms with Crippen LogP contribution in [0.15, 0.2) is 0 Å². The number of carbonyl (C=O) groups excluding carboxylic acids is 5. The summed E-state index contributed by atoms with van der Waals surface area (Å²) < 4.78 is 21.5. The van der Waals surface area contributed by atoms with Gasteiger partial charge in [0.05, 0.1) is 25.0 Å². The van der Waals surface area contributed by atoms with Gasteiger partial charge in [-0.15, -0.1) is 0 Å². The SMILES string of the molecule is COC(=O)[C@@H]1C[C@H](OC(C)=O)C(=O)[C@H]2[C@@]1(C)CC[C@H]1C(=O)O[C@H](C(=O)NC[C@@H]3CCCO3)C[C@]21C. The summed E-state index contributed by atoms with van der Waals surface area (Å²) in [5.74, 6) is -4.46. The van der Waals surface area contributed by atoms with Crippen LogP contribution in [-0.4, -0.2) is 68.2 Å². The van der Waals surface area contributed by atoms with Gasteiger partial charge in [0.2, 0.25) is 0 Å². The molecule has 194 valence electrons. The maximum atomic E-state index is 13.8. The third kappa shape index (κ3) is 4.45. The van der Waals surface area contributed by atoms with Crippen LogP contribution in [0, 0.1) is 28.6 Å². The first-order chi connectivity index (χ1) is 16.5. The lowest BCUT2D eigenvalue weighted by Gasteiger charge is -2.60. The zero-order valence-electron chi connectivity index (χ0n) is 20.8. The Hall–Kier alpha value is -2.49. The van der Waals surface area contributed by atoms with Crippen molar-refractivity contribution >= 4 is 29.6 Å². The van der Waals surface area contributed by atoms with Crippen LogP contribution in [0.5, 0.6) is 0 Å². The lowest BCUT2D eigenvalue weighted by atomic mass is 9.43. The zero-order valence-corrected chi connectivity index (χ0v) is 20.8. The average molecular weight is 494 g/mol. The molecule has 0 aromatic heterocycles. The molecule has 1 amide bonds. The quantitative estimate of drug-likeness (QED) is 0.444. The molecule has 2 aliphatic heterocycles. The lowest BCUT2D eigenvalue weighted by molar-refractivity contribution is -0.210. The van der Waals surface area contributed by atoms with Crippen LogP contribution < -0.4 is 5.32 Å². The Balaban J connectivity index is 1.64. The molecule has 2 saturated carbocycles. The number of fused-ring (bicyclic) bond motifs is 3. The van der Waals surface area contributed by atoms with Gasteiger partial charge in [-0.3, -0.25) is 24.0 Å². The monoisotopic (exact) mass is 493 g/mol. The first-order valence-corrected chi connectivity index (χ1v) is 12.4. The van der Waals surface area contributed by atoms with Gasteiger partial charge in [0, 0.05) is 38.8 Å². The van der Waals surface area contributed by atoms with Crippen molar-refractivity contribution in [2.24, 2.45) is 28.6 Å². The first kappa shape index (κ1) is 25.6. The summed E-state index contributed by atoms with van der Waals surface area (Å²) in [7, 11) is 1.29. The summed E-state index contributed by atoms with van der Waals surface area (Å²) >= 11 is 0. The van der Waals surface area contributed by atoms with E-state index in [0.29, 0.717) is 26.0 Å². The highest BCUT2D eigenvalue weighted by Crippen LogP contribution is 2.64. The van der Waals surface area contributed by atoms with E-state index < -0.39 is 64.6 Å². The number of Topliss-reactive ketones (excluding diaryl/α,β-unsaturated/α-hetero) is 1. The van der Waals surface area contributed by atoms with Crippen molar-refractivity contribution in [3.63, 3.8) is 0 Å². The van der Waals surface area contributed by atoms with Crippen LogP contribution in [0.1, 0.15) is 59.3 Å². The van der Waals surface area contributed by atoms with Crippen LogP contribution in [0.25, 0.3) is 0 Å². The lowest BCUT2D eigenvalue weighted by Crippen LogP contribution is -2.66. The molecule has 0 bridgehead atoms. The highest BCUT2D eigenvalue weighted by Gasteiger charge is 2.68. The number of hydrogen-bond acceptors (Lipinski definition) is 9. The molecule has 4 rings (SSSR count).